The Kier molecular flexibility index (Phi) is 4.81. The van der Waals surface area contributed by atoms with Crippen LogP contribution in [-0.2, 0) is 14.3 Å². The maximum Gasteiger partial charge on any atom is 0.240 e. The second-order valence-corrected chi connectivity index (χ2v) is 6.06. The molecule has 2 unspecified atom stereocenters. The molecule has 110 valence electrons. The van der Waals surface area contributed by atoms with E-state index >= 15 is 0 Å². The van der Waals surface area contributed by atoms with Gasteiger partial charge >= 0.3 is 0 Å². The van der Waals surface area contributed by atoms with E-state index < -0.39 is 5.54 Å². The van der Waals surface area contributed by atoms with Crippen molar-refractivity contribution in [2.75, 3.05) is 19.8 Å². The van der Waals surface area contributed by atoms with Gasteiger partial charge < -0.3 is 15.2 Å². The third-order valence-electron chi connectivity index (χ3n) is 3.92. The van der Waals surface area contributed by atoms with Crippen molar-refractivity contribution >= 4 is 5.91 Å². The number of rotatable bonds is 8. The molecule has 1 amide bonds. The lowest BCUT2D eigenvalue weighted by Crippen LogP contribution is -2.62. The fourth-order valence-electron chi connectivity index (χ4n) is 2.84. The molecule has 0 aromatic carbocycles. The van der Waals surface area contributed by atoms with E-state index in [9.17, 15) is 4.79 Å². The fraction of sp³-hybridized carbons (Fsp3) is 0.929. The maximum atomic E-state index is 11.9. The van der Waals surface area contributed by atoms with Crippen LogP contribution in [0.15, 0.2) is 0 Å². The monoisotopic (exact) mass is 270 g/mol. The summed E-state index contributed by atoms with van der Waals surface area (Å²) in [4.78, 5) is 11.9. The molecule has 1 saturated heterocycles. The molecule has 2 rings (SSSR count). The largest absolute Gasteiger partial charge is 0.376 e. The van der Waals surface area contributed by atoms with Crippen molar-refractivity contribution < 1.29 is 14.3 Å². The zero-order valence-electron chi connectivity index (χ0n) is 12.0. The number of carbonyl (C=O) groups excluding carboxylic acids is 1. The molecule has 1 saturated carbocycles. The topological polar surface area (TPSA) is 73.6 Å². The average molecular weight is 270 g/mol. The summed E-state index contributed by atoms with van der Waals surface area (Å²) in [6.45, 7) is 5.79. The van der Waals surface area contributed by atoms with Crippen LogP contribution in [0.1, 0.15) is 39.5 Å². The highest BCUT2D eigenvalue weighted by Crippen LogP contribution is 2.40. The maximum absolute atomic E-state index is 11.9. The lowest BCUT2D eigenvalue weighted by atomic mass is 9.92. The summed E-state index contributed by atoms with van der Waals surface area (Å²) >= 11 is 0. The normalized spacial score (nSPS) is 26.6. The molecule has 5 nitrogen and oxygen atoms in total. The number of nitrogens with one attached hydrogen (secondary N) is 1. The molecular weight excluding hydrogens is 244 g/mol. The Balaban J connectivity index is 1.90. The first-order valence-corrected chi connectivity index (χ1v) is 7.31. The van der Waals surface area contributed by atoms with Crippen LogP contribution in [0, 0.1) is 5.92 Å². The van der Waals surface area contributed by atoms with Gasteiger partial charge in [0.25, 0.3) is 0 Å². The van der Waals surface area contributed by atoms with Crippen molar-refractivity contribution in [2.45, 2.75) is 57.2 Å². The zero-order valence-corrected chi connectivity index (χ0v) is 12.0. The Morgan fingerprint density at radius 2 is 2.21 bits per heavy atom. The molecule has 0 bridgehead atoms. The van der Waals surface area contributed by atoms with Crippen molar-refractivity contribution in [2.24, 2.45) is 11.7 Å². The summed E-state index contributed by atoms with van der Waals surface area (Å²) in [7, 11) is 0. The lowest BCUT2D eigenvalue weighted by molar-refractivity contribution is -0.129. The highest BCUT2D eigenvalue weighted by Gasteiger charge is 2.50. The summed E-state index contributed by atoms with van der Waals surface area (Å²) in [5, 5.41) is 3.34. The number of hydrogen-bond acceptors (Lipinski definition) is 4. The SMILES string of the molecule is CC(C)NC(COCC1CCCO1)(C(N)=O)C1CC1. The van der Waals surface area contributed by atoms with Crippen LogP contribution in [0.25, 0.3) is 0 Å². The molecule has 0 aromatic heterocycles. The van der Waals surface area contributed by atoms with Gasteiger partial charge in [0.15, 0.2) is 0 Å². The minimum Gasteiger partial charge on any atom is -0.376 e. The van der Waals surface area contributed by atoms with E-state index in [4.69, 9.17) is 15.2 Å². The molecule has 3 N–H and O–H groups in total. The highest BCUT2D eigenvalue weighted by atomic mass is 16.5. The quantitative estimate of drug-likeness (QED) is 0.684. The lowest BCUT2D eigenvalue weighted by Gasteiger charge is -2.34. The Morgan fingerprint density at radius 3 is 2.68 bits per heavy atom. The number of ether oxygens (including phenoxy) is 2. The van der Waals surface area contributed by atoms with Crippen LogP contribution in [0.4, 0.5) is 0 Å². The standard InChI is InChI=1S/C14H26N2O3/c1-10(2)16-14(13(15)17,11-5-6-11)9-18-8-12-4-3-7-19-12/h10-12,16H,3-9H2,1-2H3,(H2,15,17). The Hall–Kier alpha value is -0.650. The first kappa shape index (κ1) is 14.8. The van der Waals surface area contributed by atoms with E-state index in [0.29, 0.717) is 19.1 Å². The molecule has 2 atom stereocenters. The van der Waals surface area contributed by atoms with Crippen molar-refractivity contribution in [3.05, 3.63) is 0 Å². The summed E-state index contributed by atoms with van der Waals surface area (Å²) in [6, 6.07) is 0.208. The summed E-state index contributed by atoms with van der Waals surface area (Å²) in [6.07, 6.45) is 4.42. The van der Waals surface area contributed by atoms with Gasteiger partial charge in [-0.2, -0.15) is 0 Å². The van der Waals surface area contributed by atoms with E-state index in [1.165, 1.54) is 0 Å². The van der Waals surface area contributed by atoms with Gasteiger partial charge in [0.1, 0.15) is 5.54 Å². The van der Waals surface area contributed by atoms with Gasteiger partial charge in [-0.25, -0.2) is 0 Å². The van der Waals surface area contributed by atoms with Gasteiger partial charge in [-0.1, -0.05) is 0 Å². The third kappa shape index (κ3) is 3.68. The van der Waals surface area contributed by atoms with Gasteiger partial charge in [0.2, 0.25) is 5.91 Å². The summed E-state index contributed by atoms with van der Waals surface area (Å²) in [5.41, 5.74) is 4.94. The minimum absolute atomic E-state index is 0.184. The minimum atomic E-state index is -0.702. The van der Waals surface area contributed by atoms with E-state index in [2.05, 4.69) is 5.32 Å². The van der Waals surface area contributed by atoms with Crippen LogP contribution in [0.3, 0.4) is 0 Å². The molecule has 5 heteroatoms. The number of amides is 1. The Bertz CT molecular complexity index is 312. The Morgan fingerprint density at radius 1 is 1.47 bits per heavy atom. The number of carbonyl (C=O) groups is 1. The zero-order chi connectivity index (χ0) is 13.9. The van der Waals surface area contributed by atoms with E-state index in [1.54, 1.807) is 0 Å². The highest BCUT2D eigenvalue weighted by molar-refractivity contribution is 5.85. The van der Waals surface area contributed by atoms with E-state index in [1.807, 2.05) is 13.8 Å². The molecule has 1 aliphatic carbocycles. The predicted octanol–water partition coefficient (Wildman–Crippen LogP) is 0.814. The van der Waals surface area contributed by atoms with Crippen LogP contribution in [0.2, 0.25) is 0 Å². The molecule has 1 heterocycles. The second kappa shape index (κ2) is 6.20. The van der Waals surface area contributed by atoms with Crippen LogP contribution >= 0.6 is 0 Å². The summed E-state index contributed by atoms with van der Waals surface area (Å²) in [5.74, 6) is 0.0212. The van der Waals surface area contributed by atoms with Gasteiger partial charge in [-0.3, -0.25) is 10.1 Å². The van der Waals surface area contributed by atoms with Gasteiger partial charge in [0, 0.05) is 12.6 Å². The predicted molar refractivity (Wildman–Crippen MR) is 72.7 cm³/mol. The van der Waals surface area contributed by atoms with Gasteiger partial charge in [-0.15, -0.1) is 0 Å². The van der Waals surface area contributed by atoms with Crippen molar-refractivity contribution in [3.63, 3.8) is 0 Å². The second-order valence-electron chi connectivity index (χ2n) is 6.06. The molecule has 1 aliphatic heterocycles. The van der Waals surface area contributed by atoms with Crippen LogP contribution < -0.4 is 11.1 Å². The molecule has 2 fully saturated rings. The molecule has 2 aliphatic rings. The molecular formula is C14H26N2O3. The van der Waals surface area contributed by atoms with Crippen molar-refractivity contribution in [3.8, 4) is 0 Å². The first-order valence-electron chi connectivity index (χ1n) is 7.31. The average Bonchev–Trinajstić information content (AvgIpc) is 3.06. The molecule has 19 heavy (non-hydrogen) atoms. The molecule has 0 spiro atoms. The molecule has 0 radical (unpaired) electrons. The first-order chi connectivity index (χ1) is 9.04. The Labute approximate surface area is 115 Å². The fourth-order valence-corrected chi connectivity index (χ4v) is 2.84. The molecule has 0 aromatic rings. The van der Waals surface area contributed by atoms with Gasteiger partial charge in [-0.05, 0) is 45.4 Å². The van der Waals surface area contributed by atoms with Crippen molar-refractivity contribution in [1.29, 1.82) is 0 Å². The van der Waals surface area contributed by atoms with E-state index in [-0.39, 0.29) is 18.1 Å². The third-order valence-corrected chi connectivity index (χ3v) is 3.92. The van der Waals surface area contributed by atoms with Crippen molar-refractivity contribution in [1.82, 2.24) is 5.32 Å². The number of nitrogens with two attached hydrogens (primary N) is 1. The van der Waals surface area contributed by atoms with Crippen LogP contribution in [0.5, 0.6) is 0 Å². The summed E-state index contributed by atoms with van der Waals surface area (Å²) < 4.78 is 11.3. The van der Waals surface area contributed by atoms with E-state index in [0.717, 1.165) is 32.3 Å². The smallest absolute Gasteiger partial charge is 0.240 e. The van der Waals surface area contributed by atoms with Gasteiger partial charge in [0.05, 0.1) is 19.3 Å². The van der Waals surface area contributed by atoms with Crippen LogP contribution in [-0.4, -0.2) is 43.4 Å². The number of hydrogen-bond donors (Lipinski definition) is 2. The number of primary amides is 1.